The fraction of sp³-hybridized carbons (Fsp3) is 0.421. The molecule has 1 amide bonds. The van der Waals surface area contributed by atoms with Crippen LogP contribution in [-0.2, 0) is 23.2 Å². The molecule has 0 saturated carbocycles. The normalized spacial score (nSPS) is 12.8. The van der Waals surface area contributed by atoms with E-state index in [4.69, 9.17) is 9.29 Å². The highest BCUT2D eigenvalue weighted by molar-refractivity contribution is 7.78. The van der Waals surface area contributed by atoms with Gasteiger partial charge in [0.25, 0.3) is 17.2 Å². The first-order chi connectivity index (χ1) is 14.2. The van der Waals surface area contributed by atoms with E-state index >= 15 is 0 Å². The zero-order chi connectivity index (χ0) is 21.9. The topological polar surface area (TPSA) is 134 Å². The molecular weight excluding hydrogens is 408 g/mol. The number of carbonyl (C=O) groups excluding carboxylic acids is 1. The highest BCUT2D eigenvalue weighted by Crippen LogP contribution is 2.22. The van der Waals surface area contributed by atoms with Crippen LogP contribution in [0.25, 0.3) is 5.65 Å². The third-order valence-corrected chi connectivity index (χ3v) is 5.14. The van der Waals surface area contributed by atoms with Crippen molar-refractivity contribution in [3.63, 3.8) is 0 Å². The molecule has 1 atom stereocenters. The van der Waals surface area contributed by atoms with Crippen LogP contribution in [0.15, 0.2) is 24.3 Å². The van der Waals surface area contributed by atoms with Gasteiger partial charge in [-0.15, -0.1) is 10.2 Å². The number of aryl methyl sites for hydroxylation is 1. The Morgan fingerprint density at radius 2 is 2.07 bits per heavy atom. The molecule has 4 N–H and O–H groups in total. The molecule has 1 aromatic carbocycles. The SMILES string of the molecule is Cc1ccc(C(=O)NCCO)cc1OS(=O)NCc1nnc2cc(C(C)(C)C)[nH]n12. The number of nitrogens with zero attached hydrogens (tertiary/aromatic N) is 3. The van der Waals surface area contributed by atoms with Crippen LogP contribution in [0.1, 0.15) is 48.2 Å². The maximum atomic E-state index is 12.4. The summed E-state index contributed by atoms with van der Waals surface area (Å²) in [4.78, 5) is 12.0. The van der Waals surface area contributed by atoms with Gasteiger partial charge in [0.15, 0.2) is 11.5 Å². The minimum atomic E-state index is -1.86. The number of nitrogens with one attached hydrogen (secondary N) is 3. The predicted molar refractivity (Wildman–Crippen MR) is 112 cm³/mol. The molecule has 3 rings (SSSR count). The largest absolute Gasteiger partial charge is 0.395 e. The van der Waals surface area contributed by atoms with Crippen LogP contribution in [0.3, 0.4) is 0 Å². The number of hydrogen-bond acceptors (Lipinski definition) is 6. The summed E-state index contributed by atoms with van der Waals surface area (Å²) in [7, 11) is 0. The molecule has 2 aromatic heterocycles. The van der Waals surface area contributed by atoms with Crippen LogP contribution in [0.5, 0.6) is 5.75 Å². The maximum Gasteiger partial charge on any atom is 0.288 e. The number of benzene rings is 1. The van der Waals surface area contributed by atoms with Gasteiger partial charge in [-0.3, -0.25) is 9.89 Å². The van der Waals surface area contributed by atoms with Crippen LogP contribution in [0, 0.1) is 6.92 Å². The van der Waals surface area contributed by atoms with Gasteiger partial charge in [-0.25, -0.2) is 4.52 Å². The van der Waals surface area contributed by atoms with E-state index in [2.05, 4.69) is 46.1 Å². The van der Waals surface area contributed by atoms with Crippen molar-refractivity contribution in [2.45, 2.75) is 39.7 Å². The first kappa shape index (κ1) is 21.9. The molecule has 30 heavy (non-hydrogen) atoms. The predicted octanol–water partition coefficient (Wildman–Crippen LogP) is 1.13. The lowest BCUT2D eigenvalue weighted by Gasteiger charge is -2.15. The van der Waals surface area contributed by atoms with Crippen LogP contribution in [0.2, 0.25) is 0 Å². The average molecular weight is 435 g/mol. The van der Waals surface area contributed by atoms with Gasteiger partial charge in [-0.05, 0) is 24.6 Å². The van der Waals surface area contributed by atoms with Crippen LogP contribution in [0.4, 0.5) is 0 Å². The highest BCUT2D eigenvalue weighted by Gasteiger charge is 2.19. The van der Waals surface area contributed by atoms with E-state index in [1.807, 2.05) is 6.07 Å². The van der Waals surface area contributed by atoms with Crippen molar-refractivity contribution >= 4 is 22.8 Å². The molecule has 1 unspecified atom stereocenters. The minimum absolute atomic E-state index is 0.0661. The molecule has 0 radical (unpaired) electrons. The van der Waals surface area contributed by atoms with Crippen LogP contribution >= 0.6 is 0 Å². The average Bonchev–Trinajstić information content (AvgIpc) is 3.27. The second kappa shape index (κ2) is 8.94. The first-order valence-electron chi connectivity index (χ1n) is 9.46. The van der Waals surface area contributed by atoms with Crippen molar-refractivity contribution in [3.05, 3.63) is 46.9 Å². The monoisotopic (exact) mass is 434 g/mol. The van der Waals surface area contributed by atoms with Gasteiger partial charge in [-0.1, -0.05) is 26.8 Å². The molecule has 2 heterocycles. The number of fused-ring (bicyclic) bond motifs is 1. The molecule has 0 saturated heterocycles. The Bertz CT molecular complexity index is 1070. The lowest BCUT2D eigenvalue weighted by Crippen LogP contribution is -2.26. The summed E-state index contributed by atoms with van der Waals surface area (Å²) >= 11 is -1.86. The molecule has 11 heteroatoms. The van der Waals surface area contributed by atoms with Gasteiger partial charge >= 0.3 is 0 Å². The van der Waals surface area contributed by atoms with Gasteiger partial charge in [0, 0.05) is 29.3 Å². The smallest absolute Gasteiger partial charge is 0.288 e. The molecule has 0 bridgehead atoms. The summed E-state index contributed by atoms with van der Waals surface area (Å²) in [5.41, 5.74) is 2.71. The van der Waals surface area contributed by atoms with E-state index in [1.54, 1.807) is 23.6 Å². The lowest BCUT2D eigenvalue weighted by atomic mass is 9.93. The van der Waals surface area contributed by atoms with Crippen LogP contribution < -0.4 is 14.2 Å². The zero-order valence-electron chi connectivity index (χ0n) is 17.4. The van der Waals surface area contributed by atoms with E-state index in [0.717, 1.165) is 11.3 Å². The summed E-state index contributed by atoms with van der Waals surface area (Å²) < 4.78 is 22.4. The van der Waals surface area contributed by atoms with Gasteiger partial charge in [0.1, 0.15) is 5.75 Å². The van der Waals surface area contributed by atoms with E-state index in [1.165, 1.54) is 6.07 Å². The third-order valence-electron chi connectivity index (χ3n) is 4.43. The summed E-state index contributed by atoms with van der Waals surface area (Å²) in [6, 6.07) is 6.78. The Morgan fingerprint density at radius 3 is 2.77 bits per heavy atom. The molecule has 0 aliphatic rings. The Morgan fingerprint density at radius 1 is 1.30 bits per heavy atom. The molecule has 0 aliphatic carbocycles. The molecule has 10 nitrogen and oxygen atoms in total. The highest BCUT2D eigenvalue weighted by atomic mass is 32.2. The van der Waals surface area contributed by atoms with E-state index in [9.17, 15) is 9.00 Å². The van der Waals surface area contributed by atoms with Crippen molar-refractivity contribution in [3.8, 4) is 5.75 Å². The van der Waals surface area contributed by atoms with Crippen molar-refractivity contribution in [2.24, 2.45) is 0 Å². The third kappa shape index (κ3) is 5.04. The second-order valence-corrected chi connectivity index (χ2v) is 8.75. The van der Waals surface area contributed by atoms with Crippen molar-refractivity contribution < 1.29 is 18.3 Å². The zero-order valence-corrected chi connectivity index (χ0v) is 18.2. The van der Waals surface area contributed by atoms with Crippen molar-refractivity contribution in [1.82, 2.24) is 29.9 Å². The van der Waals surface area contributed by atoms with Gasteiger partial charge in [0.2, 0.25) is 0 Å². The Hall–Kier alpha value is -2.76. The number of aliphatic hydroxyl groups excluding tert-OH is 1. The number of aromatic amines is 1. The number of hydrogen-bond donors (Lipinski definition) is 4. The van der Waals surface area contributed by atoms with E-state index in [0.29, 0.717) is 22.8 Å². The number of amides is 1. The Kier molecular flexibility index (Phi) is 6.54. The molecule has 162 valence electrons. The van der Waals surface area contributed by atoms with Crippen molar-refractivity contribution in [2.75, 3.05) is 13.2 Å². The fourth-order valence-corrected chi connectivity index (χ4v) is 3.31. The van der Waals surface area contributed by atoms with Gasteiger partial charge in [-0.2, -0.15) is 8.93 Å². The second-order valence-electron chi connectivity index (χ2n) is 7.83. The minimum Gasteiger partial charge on any atom is -0.395 e. The molecular formula is C19H26N6O4S. The standard InChI is InChI=1S/C19H26N6O4S/c1-12-5-6-13(18(27)20-7-8-26)9-14(12)29-30(28)21-11-17-23-22-16-10-15(19(2,3)4)24-25(16)17/h5-6,9-10,21,24,26H,7-8,11H2,1-4H3,(H,20,27). The molecule has 3 aromatic rings. The molecule has 0 aliphatic heterocycles. The molecule has 0 spiro atoms. The summed E-state index contributed by atoms with van der Waals surface area (Å²) in [5.74, 6) is 0.532. The first-order valence-corrected chi connectivity index (χ1v) is 10.5. The number of H-pyrrole nitrogens is 1. The number of carbonyl (C=O) groups is 1. The van der Waals surface area contributed by atoms with Crippen molar-refractivity contribution in [1.29, 1.82) is 0 Å². The molecule has 0 fully saturated rings. The lowest BCUT2D eigenvalue weighted by molar-refractivity contribution is 0.0944. The fourth-order valence-electron chi connectivity index (χ4n) is 2.66. The summed E-state index contributed by atoms with van der Waals surface area (Å²) in [5, 5.41) is 22.9. The number of aromatic nitrogens is 4. The van der Waals surface area contributed by atoms with E-state index < -0.39 is 11.3 Å². The Labute approximate surface area is 176 Å². The summed E-state index contributed by atoms with van der Waals surface area (Å²) in [6.07, 6.45) is 0. The summed E-state index contributed by atoms with van der Waals surface area (Å²) in [6.45, 7) is 8.22. The Balaban J connectivity index is 1.66. The number of rotatable bonds is 8. The maximum absolute atomic E-state index is 12.4. The quantitative estimate of drug-likeness (QED) is 0.420. The van der Waals surface area contributed by atoms with E-state index in [-0.39, 0.29) is 31.0 Å². The van der Waals surface area contributed by atoms with Gasteiger partial charge < -0.3 is 14.6 Å². The van der Waals surface area contributed by atoms with Gasteiger partial charge in [0.05, 0.1) is 13.2 Å². The number of aliphatic hydroxyl groups is 1. The van der Waals surface area contributed by atoms with Crippen LogP contribution in [-0.4, -0.2) is 48.2 Å².